The number of benzene rings is 1. The molecule has 0 radical (unpaired) electrons. The first-order valence-electron chi connectivity index (χ1n) is 6.47. The molecule has 0 aromatic heterocycles. The molecule has 3 aliphatic carbocycles. The van der Waals surface area contributed by atoms with Gasteiger partial charge in [0.25, 0.3) is 0 Å². The molecule has 2 bridgehead atoms. The summed E-state index contributed by atoms with van der Waals surface area (Å²) in [6, 6.07) is 10.2. The van der Waals surface area contributed by atoms with E-state index in [4.69, 9.17) is 0 Å². The Morgan fingerprint density at radius 3 is 2.65 bits per heavy atom. The van der Waals surface area contributed by atoms with Crippen molar-refractivity contribution >= 4 is 11.9 Å². The molecule has 17 heavy (non-hydrogen) atoms. The van der Waals surface area contributed by atoms with Gasteiger partial charge in [-0.2, -0.15) is 0 Å². The number of aliphatic imine (C=N–C) groups is 1. The molecule has 0 aliphatic heterocycles. The molecule has 1 aromatic carbocycles. The standard InChI is InChI=1S/C16H19N/c1-16(2)13-9-8-12(15(16)10-13)11-17-14-6-4-3-5-7-14/h3-8,11,13,15H,9-10H2,1-2H3/t13-,15-/m0/s1. The van der Waals surface area contributed by atoms with Crippen molar-refractivity contribution in [1.82, 2.24) is 0 Å². The van der Waals surface area contributed by atoms with Crippen molar-refractivity contribution in [3.8, 4) is 0 Å². The summed E-state index contributed by atoms with van der Waals surface area (Å²) >= 11 is 0. The predicted octanol–water partition coefficient (Wildman–Crippen LogP) is 4.38. The van der Waals surface area contributed by atoms with Gasteiger partial charge in [-0.05, 0) is 47.8 Å². The van der Waals surface area contributed by atoms with Crippen LogP contribution in [0.25, 0.3) is 0 Å². The summed E-state index contributed by atoms with van der Waals surface area (Å²) in [5.74, 6) is 1.63. The van der Waals surface area contributed by atoms with Crippen LogP contribution in [0, 0.1) is 17.3 Å². The Morgan fingerprint density at radius 2 is 2.00 bits per heavy atom. The van der Waals surface area contributed by atoms with Crippen molar-refractivity contribution in [3.05, 3.63) is 42.0 Å². The van der Waals surface area contributed by atoms with Gasteiger partial charge in [0, 0.05) is 6.21 Å². The summed E-state index contributed by atoms with van der Waals surface area (Å²) in [7, 11) is 0. The lowest BCUT2D eigenvalue weighted by Crippen LogP contribution is -2.48. The van der Waals surface area contributed by atoms with Crippen molar-refractivity contribution in [2.24, 2.45) is 22.2 Å². The molecule has 4 rings (SSSR count). The third kappa shape index (κ3) is 1.74. The van der Waals surface area contributed by atoms with Gasteiger partial charge in [-0.1, -0.05) is 38.1 Å². The minimum Gasteiger partial charge on any atom is -0.257 e. The topological polar surface area (TPSA) is 12.4 Å². The Hall–Kier alpha value is -1.37. The van der Waals surface area contributed by atoms with Crippen LogP contribution in [0.4, 0.5) is 5.69 Å². The highest BCUT2D eigenvalue weighted by atomic mass is 14.7. The zero-order valence-electron chi connectivity index (χ0n) is 10.6. The van der Waals surface area contributed by atoms with Crippen LogP contribution in [-0.4, -0.2) is 6.21 Å². The molecule has 1 heteroatoms. The SMILES string of the molecule is CC1(C)[C@H]2CC=C(C=Nc3ccccc3)[C@@H]1C2. The maximum Gasteiger partial charge on any atom is 0.0629 e. The molecule has 1 nitrogen and oxygen atoms in total. The fourth-order valence-electron chi connectivity index (χ4n) is 3.21. The van der Waals surface area contributed by atoms with Gasteiger partial charge in [-0.3, -0.25) is 4.99 Å². The predicted molar refractivity (Wildman–Crippen MR) is 72.7 cm³/mol. The van der Waals surface area contributed by atoms with E-state index in [-0.39, 0.29) is 0 Å². The summed E-state index contributed by atoms with van der Waals surface area (Å²) in [5, 5.41) is 0. The van der Waals surface area contributed by atoms with E-state index in [1.54, 1.807) is 0 Å². The Labute approximate surface area is 103 Å². The molecule has 0 unspecified atom stereocenters. The Balaban J connectivity index is 1.79. The maximum absolute atomic E-state index is 4.58. The minimum atomic E-state index is 0.493. The average molecular weight is 225 g/mol. The first kappa shape index (κ1) is 10.8. The third-order valence-electron chi connectivity index (χ3n) is 4.63. The van der Waals surface area contributed by atoms with Gasteiger partial charge >= 0.3 is 0 Å². The van der Waals surface area contributed by atoms with E-state index in [9.17, 15) is 0 Å². The quantitative estimate of drug-likeness (QED) is 0.662. The van der Waals surface area contributed by atoms with Crippen LogP contribution in [0.3, 0.4) is 0 Å². The smallest absolute Gasteiger partial charge is 0.0629 e. The Bertz CT molecular complexity index is 468. The molecule has 2 atom stereocenters. The van der Waals surface area contributed by atoms with Crippen LogP contribution in [0.2, 0.25) is 0 Å². The average Bonchev–Trinajstić information content (AvgIpc) is 2.37. The van der Waals surface area contributed by atoms with E-state index in [0.717, 1.165) is 17.5 Å². The van der Waals surface area contributed by atoms with Gasteiger partial charge in [0.2, 0.25) is 0 Å². The van der Waals surface area contributed by atoms with Gasteiger partial charge in [0.15, 0.2) is 0 Å². The van der Waals surface area contributed by atoms with E-state index in [2.05, 4.69) is 43.3 Å². The molecule has 0 spiro atoms. The number of rotatable bonds is 2. The van der Waals surface area contributed by atoms with Crippen molar-refractivity contribution in [1.29, 1.82) is 0 Å². The van der Waals surface area contributed by atoms with Crippen LogP contribution in [0.5, 0.6) is 0 Å². The van der Waals surface area contributed by atoms with E-state index in [1.165, 1.54) is 18.4 Å². The molecule has 0 amide bonds. The lowest BCUT2D eigenvalue weighted by molar-refractivity contribution is -0.00123. The van der Waals surface area contributed by atoms with E-state index in [1.807, 2.05) is 18.2 Å². The molecular formula is C16H19N. The summed E-state index contributed by atoms with van der Waals surface area (Å²) in [6.07, 6.45) is 7.06. The normalized spacial score (nSPS) is 29.9. The van der Waals surface area contributed by atoms with Gasteiger partial charge < -0.3 is 0 Å². The van der Waals surface area contributed by atoms with Crippen molar-refractivity contribution in [2.75, 3.05) is 0 Å². The van der Waals surface area contributed by atoms with Crippen LogP contribution in [-0.2, 0) is 0 Å². The molecule has 0 saturated heterocycles. The summed E-state index contributed by atoms with van der Waals surface area (Å²) in [5.41, 5.74) is 2.99. The first-order chi connectivity index (χ1) is 8.18. The zero-order chi connectivity index (χ0) is 11.9. The number of hydrogen-bond donors (Lipinski definition) is 0. The second kappa shape index (κ2) is 3.83. The van der Waals surface area contributed by atoms with E-state index >= 15 is 0 Å². The fraction of sp³-hybridized carbons (Fsp3) is 0.438. The van der Waals surface area contributed by atoms with Crippen molar-refractivity contribution in [3.63, 3.8) is 0 Å². The fourth-order valence-corrected chi connectivity index (χ4v) is 3.21. The minimum absolute atomic E-state index is 0.493. The van der Waals surface area contributed by atoms with Crippen LogP contribution < -0.4 is 0 Å². The molecule has 1 fully saturated rings. The second-order valence-corrected chi connectivity index (χ2v) is 5.84. The lowest BCUT2D eigenvalue weighted by atomic mass is 9.49. The van der Waals surface area contributed by atoms with Crippen molar-refractivity contribution in [2.45, 2.75) is 26.7 Å². The summed E-state index contributed by atoms with van der Waals surface area (Å²) < 4.78 is 0. The summed E-state index contributed by atoms with van der Waals surface area (Å²) in [6.45, 7) is 4.80. The molecule has 1 aromatic rings. The number of allylic oxidation sites excluding steroid dienone is 2. The molecule has 0 heterocycles. The molecule has 1 saturated carbocycles. The number of nitrogens with zero attached hydrogens (tertiary/aromatic N) is 1. The summed E-state index contributed by atoms with van der Waals surface area (Å²) in [4.78, 5) is 4.58. The number of fused-ring (bicyclic) bond motifs is 1. The molecular weight excluding hydrogens is 206 g/mol. The van der Waals surface area contributed by atoms with E-state index in [0.29, 0.717) is 5.41 Å². The third-order valence-corrected chi connectivity index (χ3v) is 4.63. The van der Waals surface area contributed by atoms with Crippen LogP contribution in [0.15, 0.2) is 47.0 Å². The highest BCUT2D eigenvalue weighted by Crippen LogP contribution is 2.58. The molecule has 3 aliphatic rings. The van der Waals surface area contributed by atoms with Gasteiger partial charge in [0.05, 0.1) is 5.69 Å². The first-order valence-corrected chi connectivity index (χ1v) is 6.47. The van der Waals surface area contributed by atoms with Gasteiger partial charge in [-0.15, -0.1) is 0 Å². The molecule has 0 N–H and O–H groups in total. The number of para-hydroxylation sites is 1. The molecule has 88 valence electrons. The van der Waals surface area contributed by atoms with Gasteiger partial charge in [0.1, 0.15) is 0 Å². The van der Waals surface area contributed by atoms with Crippen LogP contribution >= 0.6 is 0 Å². The highest BCUT2D eigenvalue weighted by molar-refractivity contribution is 5.82. The Morgan fingerprint density at radius 1 is 1.24 bits per heavy atom. The zero-order valence-corrected chi connectivity index (χ0v) is 10.6. The van der Waals surface area contributed by atoms with Crippen molar-refractivity contribution < 1.29 is 0 Å². The van der Waals surface area contributed by atoms with Gasteiger partial charge in [-0.25, -0.2) is 0 Å². The monoisotopic (exact) mass is 225 g/mol. The highest BCUT2D eigenvalue weighted by Gasteiger charge is 2.50. The van der Waals surface area contributed by atoms with Crippen LogP contribution in [0.1, 0.15) is 26.7 Å². The maximum atomic E-state index is 4.58. The lowest BCUT2D eigenvalue weighted by Gasteiger charge is -2.55. The Kier molecular flexibility index (Phi) is 2.43. The largest absolute Gasteiger partial charge is 0.257 e. The van der Waals surface area contributed by atoms with E-state index < -0.39 is 0 Å². The number of hydrogen-bond acceptors (Lipinski definition) is 1. The second-order valence-electron chi connectivity index (χ2n) is 5.84.